The first-order valence-electron chi connectivity index (χ1n) is 8.68. The first-order chi connectivity index (χ1) is 11.0. The standard InChI is InChI=1S/C21H25NO/c1-20(2)17-11-12-21(20,3)19(13-17)22-23-14-16-9-6-8-15-7-4-5-10-18(15)16/h4-10,17H,11-14H2,1-3H3. The highest BCUT2D eigenvalue weighted by molar-refractivity contribution is 5.94. The molecule has 2 aromatic rings. The zero-order valence-electron chi connectivity index (χ0n) is 14.3. The summed E-state index contributed by atoms with van der Waals surface area (Å²) in [7, 11) is 0. The fourth-order valence-electron chi connectivity index (χ4n) is 4.66. The summed E-state index contributed by atoms with van der Waals surface area (Å²) < 4.78 is 0. The largest absolute Gasteiger partial charge is 0.391 e. The molecular formula is C21H25NO. The van der Waals surface area contributed by atoms with Crippen LogP contribution < -0.4 is 0 Å². The molecule has 0 heterocycles. The van der Waals surface area contributed by atoms with Gasteiger partial charge in [-0.15, -0.1) is 0 Å². The van der Waals surface area contributed by atoms with E-state index in [9.17, 15) is 0 Å². The minimum absolute atomic E-state index is 0.219. The fraction of sp³-hybridized carbons (Fsp3) is 0.476. The Morgan fingerprint density at radius 3 is 2.61 bits per heavy atom. The monoisotopic (exact) mass is 307 g/mol. The molecule has 4 rings (SSSR count). The molecule has 0 saturated heterocycles. The number of hydrogen-bond acceptors (Lipinski definition) is 2. The Morgan fingerprint density at radius 1 is 1.09 bits per heavy atom. The molecule has 2 saturated carbocycles. The number of benzene rings is 2. The van der Waals surface area contributed by atoms with Crippen molar-refractivity contribution in [2.45, 2.75) is 46.6 Å². The van der Waals surface area contributed by atoms with Crippen molar-refractivity contribution in [3.63, 3.8) is 0 Å². The summed E-state index contributed by atoms with van der Waals surface area (Å²) >= 11 is 0. The van der Waals surface area contributed by atoms with Gasteiger partial charge in [0.05, 0.1) is 5.71 Å². The average molecular weight is 307 g/mol. The number of oxime groups is 1. The number of fused-ring (bicyclic) bond motifs is 3. The molecule has 2 aliphatic rings. The van der Waals surface area contributed by atoms with Crippen LogP contribution >= 0.6 is 0 Å². The van der Waals surface area contributed by atoms with Gasteiger partial charge in [-0.25, -0.2) is 0 Å². The van der Waals surface area contributed by atoms with Crippen molar-refractivity contribution in [2.75, 3.05) is 0 Å². The average Bonchev–Trinajstić information content (AvgIpc) is 2.88. The number of rotatable bonds is 3. The molecule has 0 aromatic heterocycles. The van der Waals surface area contributed by atoms with E-state index in [0.717, 1.165) is 12.3 Å². The van der Waals surface area contributed by atoms with Crippen molar-refractivity contribution < 1.29 is 4.84 Å². The van der Waals surface area contributed by atoms with Crippen LogP contribution in [0.15, 0.2) is 47.6 Å². The Balaban J connectivity index is 1.54. The van der Waals surface area contributed by atoms with E-state index < -0.39 is 0 Å². The van der Waals surface area contributed by atoms with Crippen LogP contribution in [0.2, 0.25) is 0 Å². The summed E-state index contributed by atoms with van der Waals surface area (Å²) in [6, 6.07) is 14.8. The highest BCUT2D eigenvalue weighted by Gasteiger charge is 2.60. The maximum atomic E-state index is 5.81. The first-order valence-corrected chi connectivity index (χ1v) is 8.68. The van der Waals surface area contributed by atoms with Crippen LogP contribution in [0.4, 0.5) is 0 Å². The molecule has 2 aromatic carbocycles. The second-order valence-corrected chi connectivity index (χ2v) is 7.94. The van der Waals surface area contributed by atoms with Gasteiger partial charge in [0, 0.05) is 5.41 Å². The van der Waals surface area contributed by atoms with Crippen molar-refractivity contribution in [3.8, 4) is 0 Å². The third-order valence-corrected chi connectivity index (χ3v) is 6.79. The summed E-state index contributed by atoms with van der Waals surface area (Å²) in [6.07, 6.45) is 3.70. The lowest BCUT2D eigenvalue weighted by Gasteiger charge is -2.34. The Bertz CT molecular complexity index is 771. The molecule has 2 nitrogen and oxygen atoms in total. The van der Waals surface area contributed by atoms with Gasteiger partial charge in [0.15, 0.2) is 0 Å². The molecule has 2 bridgehead atoms. The van der Waals surface area contributed by atoms with E-state index in [-0.39, 0.29) is 5.41 Å². The van der Waals surface area contributed by atoms with Crippen LogP contribution in [-0.2, 0) is 11.4 Å². The molecule has 2 fully saturated rings. The lowest BCUT2D eigenvalue weighted by Crippen LogP contribution is -2.32. The predicted octanol–water partition coefficient (Wildman–Crippen LogP) is 5.56. The topological polar surface area (TPSA) is 21.6 Å². The van der Waals surface area contributed by atoms with Gasteiger partial charge < -0.3 is 4.84 Å². The Hall–Kier alpha value is -1.83. The summed E-state index contributed by atoms with van der Waals surface area (Å²) in [5.74, 6) is 0.771. The molecule has 120 valence electrons. The summed E-state index contributed by atoms with van der Waals surface area (Å²) in [5, 5.41) is 7.11. The summed E-state index contributed by atoms with van der Waals surface area (Å²) in [6.45, 7) is 7.72. The van der Waals surface area contributed by atoms with Crippen LogP contribution in [0.1, 0.15) is 45.6 Å². The van der Waals surface area contributed by atoms with Crippen LogP contribution in [0.25, 0.3) is 10.8 Å². The van der Waals surface area contributed by atoms with Gasteiger partial charge in [0.2, 0.25) is 0 Å². The minimum atomic E-state index is 0.219. The molecular weight excluding hydrogens is 282 g/mol. The molecule has 0 spiro atoms. The van der Waals surface area contributed by atoms with Gasteiger partial charge >= 0.3 is 0 Å². The lowest BCUT2D eigenvalue weighted by molar-refractivity contribution is 0.124. The van der Waals surface area contributed by atoms with Gasteiger partial charge in [-0.1, -0.05) is 68.4 Å². The molecule has 2 unspecified atom stereocenters. The maximum Gasteiger partial charge on any atom is 0.142 e. The zero-order valence-corrected chi connectivity index (χ0v) is 14.3. The zero-order chi connectivity index (χ0) is 16.1. The molecule has 2 aliphatic carbocycles. The van der Waals surface area contributed by atoms with Crippen LogP contribution in [0.3, 0.4) is 0 Å². The second-order valence-electron chi connectivity index (χ2n) is 7.94. The van der Waals surface area contributed by atoms with Gasteiger partial charge in [-0.05, 0) is 46.9 Å². The van der Waals surface area contributed by atoms with Gasteiger partial charge in [-0.2, -0.15) is 0 Å². The second kappa shape index (κ2) is 5.09. The molecule has 0 aliphatic heterocycles. The van der Waals surface area contributed by atoms with Crippen molar-refractivity contribution in [1.82, 2.24) is 0 Å². The molecule has 0 amide bonds. The van der Waals surface area contributed by atoms with E-state index in [4.69, 9.17) is 4.84 Å². The summed E-state index contributed by atoms with van der Waals surface area (Å²) in [5.41, 5.74) is 3.06. The highest BCUT2D eigenvalue weighted by atomic mass is 16.6. The third kappa shape index (κ3) is 2.11. The molecule has 2 heteroatoms. The van der Waals surface area contributed by atoms with Gasteiger partial charge in [-0.3, -0.25) is 0 Å². The van der Waals surface area contributed by atoms with Crippen molar-refractivity contribution in [1.29, 1.82) is 0 Å². The summed E-state index contributed by atoms with van der Waals surface area (Å²) in [4.78, 5) is 5.81. The van der Waals surface area contributed by atoms with Crippen LogP contribution in [0.5, 0.6) is 0 Å². The Labute approximate surface area is 138 Å². The van der Waals surface area contributed by atoms with Gasteiger partial charge in [0.25, 0.3) is 0 Å². The quantitative estimate of drug-likeness (QED) is 0.680. The normalized spacial score (nSPS) is 30.2. The molecule has 23 heavy (non-hydrogen) atoms. The Kier molecular flexibility index (Phi) is 3.26. The number of hydrogen-bond donors (Lipinski definition) is 0. The van der Waals surface area contributed by atoms with E-state index in [1.807, 2.05) is 0 Å². The van der Waals surface area contributed by atoms with E-state index in [1.165, 1.54) is 34.9 Å². The third-order valence-electron chi connectivity index (χ3n) is 6.79. The van der Waals surface area contributed by atoms with E-state index in [0.29, 0.717) is 12.0 Å². The van der Waals surface area contributed by atoms with Crippen molar-refractivity contribution >= 4 is 16.5 Å². The number of nitrogens with zero attached hydrogens (tertiary/aromatic N) is 1. The first kappa shape index (κ1) is 14.7. The van der Waals surface area contributed by atoms with E-state index in [2.05, 4.69) is 68.4 Å². The van der Waals surface area contributed by atoms with Crippen molar-refractivity contribution in [2.24, 2.45) is 21.9 Å². The smallest absolute Gasteiger partial charge is 0.142 e. The minimum Gasteiger partial charge on any atom is -0.391 e. The molecule has 2 atom stereocenters. The maximum absolute atomic E-state index is 5.81. The van der Waals surface area contributed by atoms with E-state index in [1.54, 1.807) is 0 Å². The van der Waals surface area contributed by atoms with Crippen LogP contribution in [-0.4, -0.2) is 5.71 Å². The SMILES string of the molecule is CC12CCC(CC1=NOCc1cccc3ccccc13)C2(C)C. The molecule has 0 N–H and O–H groups in total. The lowest BCUT2D eigenvalue weighted by atomic mass is 9.70. The highest BCUT2D eigenvalue weighted by Crippen LogP contribution is 2.64. The predicted molar refractivity (Wildman–Crippen MR) is 95.4 cm³/mol. The van der Waals surface area contributed by atoms with Crippen molar-refractivity contribution in [3.05, 3.63) is 48.0 Å². The fourth-order valence-corrected chi connectivity index (χ4v) is 4.66. The van der Waals surface area contributed by atoms with E-state index >= 15 is 0 Å². The van der Waals surface area contributed by atoms with Gasteiger partial charge in [0.1, 0.15) is 6.61 Å². The van der Waals surface area contributed by atoms with Crippen LogP contribution in [0, 0.1) is 16.7 Å². The molecule has 0 radical (unpaired) electrons. The Morgan fingerprint density at radius 2 is 1.87 bits per heavy atom.